The summed E-state index contributed by atoms with van der Waals surface area (Å²) in [5.74, 6) is -1.62. The van der Waals surface area contributed by atoms with E-state index in [0.29, 0.717) is 48.3 Å². The molecule has 0 spiro atoms. The summed E-state index contributed by atoms with van der Waals surface area (Å²) in [4.78, 5) is 69.0. The molecule has 4 unspecified atom stereocenters. The minimum atomic E-state index is -0.738. The molecule has 522 valence electrons. The Kier molecular flexibility index (Phi) is 38.5. The summed E-state index contributed by atoms with van der Waals surface area (Å²) in [5, 5.41) is 83.5. The molecule has 4 atom stereocenters. The van der Waals surface area contributed by atoms with Gasteiger partial charge in [0.05, 0.1) is 120 Å². The van der Waals surface area contributed by atoms with Crippen LogP contribution in [0.3, 0.4) is 0 Å². The van der Waals surface area contributed by atoms with Gasteiger partial charge in [-0.1, -0.05) is 13.8 Å². The standard InChI is InChI=1S/3C12H16O5.2C11H14O4.C10H12O4/c1-7(13)8(2)17-12(15)9-4-5-10(14)11(6-9)16-3;1-8(13)5-6-17-12(15)9-3-4-10(14)11(7-9)16-2;1-3-9(13)7-17-12(15)8-4-5-10(14)11(6-8)16-2;1-7(2)15-11(13)8-4-5-9(12)10(6-8)14-3;1-3-6-15-11(13)8-4-5-9(12)10(7-8)14-2;1-3-14-10(12)7-4-5-8(11)9(6-7)13-2/h4-8,13-14H,1-3H3;3-4,7-8,13-14H,5-6H2,1-2H3;4-6,9,13-14H,3,7H2,1-2H3;4-7,12H,1-3H3;4-5,7,12H,3,6H2,1-2H3;4-6,11H,3H2,1-2H3. The Balaban J connectivity index is 0.000000571. The average molecular weight is 1340 g/mol. The van der Waals surface area contributed by atoms with Gasteiger partial charge in [-0.05, 0) is 164 Å². The molecule has 0 aliphatic heterocycles. The first-order chi connectivity index (χ1) is 45.0. The number of carbonyl (C=O) groups is 6. The summed E-state index contributed by atoms with van der Waals surface area (Å²) in [6, 6.07) is 25.5. The fraction of sp³-hybridized carbons (Fsp3) is 0.382. The summed E-state index contributed by atoms with van der Waals surface area (Å²) < 4.78 is 58.8. The van der Waals surface area contributed by atoms with Crippen molar-refractivity contribution in [2.45, 2.75) is 105 Å². The molecule has 0 saturated heterocycles. The van der Waals surface area contributed by atoms with Crippen molar-refractivity contribution in [2.24, 2.45) is 0 Å². The summed E-state index contributed by atoms with van der Waals surface area (Å²) in [6.45, 7) is 14.6. The molecule has 27 nitrogen and oxygen atoms in total. The molecule has 6 rings (SSSR count). The van der Waals surface area contributed by atoms with Gasteiger partial charge in [0.2, 0.25) is 0 Å². The Morgan fingerprint density at radius 3 is 0.895 bits per heavy atom. The van der Waals surface area contributed by atoms with Crippen molar-refractivity contribution in [3.8, 4) is 69.0 Å². The van der Waals surface area contributed by atoms with E-state index in [1.165, 1.54) is 159 Å². The Labute approximate surface area is 551 Å². The van der Waals surface area contributed by atoms with Crippen LogP contribution >= 0.6 is 0 Å². The smallest absolute Gasteiger partial charge is 0.338 e. The second-order valence-electron chi connectivity index (χ2n) is 19.9. The average Bonchev–Trinajstić information content (AvgIpc) is 1.95. The van der Waals surface area contributed by atoms with Gasteiger partial charge in [0.25, 0.3) is 0 Å². The van der Waals surface area contributed by atoms with Crippen molar-refractivity contribution >= 4 is 35.8 Å². The Hall–Kier alpha value is -10.4. The van der Waals surface area contributed by atoms with E-state index in [1.54, 1.807) is 41.5 Å². The maximum absolute atomic E-state index is 11.7. The third kappa shape index (κ3) is 30.3. The first-order valence-electron chi connectivity index (χ1n) is 29.4. The number of esters is 6. The minimum absolute atomic E-state index is 0.000508. The first kappa shape index (κ1) is 82.6. The normalized spacial score (nSPS) is 11.3. The van der Waals surface area contributed by atoms with Crippen molar-refractivity contribution in [3.05, 3.63) is 143 Å². The molecule has 0 heterocycles. The topological polar surface area (TPSA) is 395 Å². The second kappa shape index (κ2) is 44.2. The number of aliphatic hydroxyl groups is 3. The molecule has 6 aromatic rings. The Morgan fingerprint density at radius 2 is 0.642 bits per heavy atom. The zero-order chi connectivity index (χ0) is 71.9. The highest BCUT2D eigenvalue weighted by Gasteiger charge is 2.19. The number of phenols is 6. The van der Waals surface area contributed by atoms with Crippen LogP contribution in [0.4, 0.5) is 0 Å². The van der Waals surface area contributed by atoms with E-state index in [1.807, 2.05) is 6.92 Å². The van der Waals surface area contributed by atoms with Crippen LogP contribution in [-0.4, -0.2) is 181 Å². The maximum Gasteiger partial charge on any atom is 0.338 e. The van der Waals surface area contributed by atoms with E-state index >= 15 is 0 Å². The second-order valence-corrected chi connectivity index (χ2v) is 19.9. The molecular weight excluding hydrogens is 1250 g/mol. The van der Waals surface area contributed by atoms with E-state index in [2.05, 4.69) is 0 Å². The van der Waals surface area contributed by atoms with Crippen molar-refractivity contribution in [1.29, 1.82) is 0 Å². The zero-order valence-electron chi connectivity index (χ0n) is 55.6. The van der Waals surface area contributed by atoms with Gasteiger partial charge in [-0.25, -0.2) is 28.8 Å². The van der Waals surface area contributed by atoms with Crippen LogP contribution in [0, 0.1) is 0 Å². The van der Waals surface area contributed by atoms with E-state index in [-0.39, 0.29) is 99.4 Å². The van der Waals surface area contributed by atoms with Crippen LogP contribution < -0.4 is 28.4 Å². The number of aromatic hydroxyl groups is 6. The Morgan fingerprint density at radius 1 is 0.368 bits per heavy atom. The van der Waals surface area contributed by atoms with Gasteiger partial charge >= 0.3 is 35.8 Å². The molecule has 0 aromatic heterocycles. The monoisotopic (exact) mass is 1340 g/mol. The predicted octanol–water partition coefficient (Wildman–Crippen LogP) is 9.50. The molecule has 27 heteroatoms. The quantitative estimate of drug-likeness (QED) is 0.0201. The third-order valence-corrected chi connectivity index (χ3v) is 12.2. The number of rotatable bonds is 24. The summed E-state index contributed by atoms with van der Waals surface area (Å²) in [7, 11) is 8.46. The number of hydrogen-bond acceptors (Lipinski definition) is 27. The minimum Gasteiger partial charge on any atom is -0.504 e. The van der Waals surface area contributed by atoms with Crippen molar-refractivity contribution in [1.82, 2.24) is 0 Å². The lowest BCUT2D eigenvalue weighted by atomic mass is 10.2. The number of benzene rings is 6. The highest BCUT2D eigenvalue weighted by Crippen LogP contribution is 2.31. The number of carbonyl (C=O) groups excluding carboxylic acids is 6. The van der Waals surface area contributed by atoms with Crippen molar-refractivity contribution in [3.63, 3.8) is 0 Å². The molecule has 9 N–H and O–H groups in total. The largest absolute Gasteiger partial charge is 0.504 e. The van der Waals surface area contributed by atoms with Gasteiger partial charge in [-0.3, -0.25) is 0 Å². The van der Waals surface area contributed by atoms with Crippen LogP contribution in [0.2, 0.25) is 0 Å². The molecule has 6 aromatic carbocycles. The molecule has 95 heavy (non-hydrogen) atoms. The summed E-state index contributed by atoms with van der Waals surface area (Å²) >= 11 is 0. The van der Waals surface area contributed by atoms with Gasteiger partial charge in [-0.15, -0.1) is 0 Å². The molecule has 0 bridgehead atoms. The SMILES string of the molecule is CCC(O)COC(=O)c1ccc(O)c(OC)c1.CCCOC(=O)c1ccc(O)c(OC)c1.CCOC(=O)c1ccc(O)c(OC)c1.COc1cc(C(=O)OC(C)C(C)O)ccc1O.COc1cc(C(=O)OC(C)C)ccc1O.COc1cc(C(=O)OCCC(C)O)ccc1O. The fourth-order valence-corrected chi connectivity index (χ4v) is 6.72. The van der Waals surface area contributed by atoms with Crippen LogP contribution in [0.5, 0.6) is 69.0 Å². The summed E-state index contributed by atoms with van der Waals surface area (Å²) in [5.41, 5.74) is 1.92. The van der Waals surface area contributed by atoms with Gasteiger partial charge < -0.3 is 103 Å². The number of hydrogen-bond donors (Lipinski definition) is 9. The van der Waals surface area contributed by atoms with Crippen molar-refractivity contribution < 1.29 is 132 Å². The predicted molar refractivity (Wildman–Crippen MR) is 345 cm³/mol. The van der Waals surface area contributed by atoms with E-state index in [9.17, 15) is 69.6 Å². The van der Waals surface area contributed by atoms with Crippen LogP contribution in [-0.2, 0) is 28.4 Å². The number of ether oxygens (including phenoxy) is 12. The number of phenolic OH excluding ortho intramolecular Hbond substituents is 6. The van der Waals surface area contributed by atoms with Crippen LogP contribution in [0.15, 0.2) is 109 Å². The van der Waals surface area contributed by atoms with E-state index in [4.69, 9.17) is 61.9 Å². The molecule has 0 radical (unpaired) electrons. The molecule has 0 aliphatic rings. The van der Waals surface area contributed by atoms with E-state index < -0.39 is 60.2 Å². The maximum atomic E-state index is 11.7. The number of methoxy groups -OCH3 is 6. The summed E-state index contributed by atoms with van der Waals surface area (Å²) in [6.07, 6.45) is -0.971. The lowest BCUT2D eigenvalue weighted by Crippen LogP contribution is -2.25. The lowest BCUT2D eigenvalue weighted by Gasteiger charge is -2.16. The van der Waals surface area contributed by atoms with Gasteiger partial charge in [-0.2, -0.15) is 0 Å². The zero-order valence-corrected chi connectivity index (χ0v) is 55.6. The Bertz CT molecular complexity index is 3340. The lowest BCUT2D eigenvalue weighted by molar-refractivity contribution is -0.00474. The van der Waals surface area contributed by atoms with E-state index in [0.717, 1.165) is 6.42 Å². The highest BCUT2D eigenvalue weighted by atomic mass is 16.6. The molecule has 0 saturated carbocycles. The number of aliphatic hydroxyl groups excluding tert-OH is 3. The van der Waals surface area contributed by atoms with Crippen LogP contribution in [0.1, 0.15) is 137 Å². The van der Waals surface area contributed by atoms with Crippen molar-refractivity contribution in [2.75, 3.05) is 69.1 Å². The molecular formula is C68H88O27. The van der Waals surface area contributed by atoms with Gasteiger partial charge in [0.1, 0.15) is 12.7 Å². The van der Waals surface area contributed by atoms with Gasteiger partial charge in [0, 0.05) is 6.42 Å². The third-order valence-electron chi connectivity index (χ3n) is 12.2. The molecule has 0 aliphatic carbocycles. The van der Waals surface area contributed by atoms with Crippen LogP contribution in [0.25, 0.3) is 0 Å². The highest BCUT2D eigenvalue weighted by molar-refractivity contribution is 5.93. The molecule has 0 fully saturated rings. The van der Waals surface area contributed by atoms with Gasteiger partial charge in [0.15, 0.2) is 69.0 Å². The first-order valence-corrected chi connectivity index (χ1v) is 29.4. The molecule has 0 amide bonds. The fourth-order valence-electron chi connectivity index (χ4n) is 6.72.